The van der Waals surface area contributed by atoms with E-state index in [0.29, 0.717) is 17.5 Å². The Morgan fingerprint density at radius 3 is 2.72 bits per heavy atom. The molecule has 0 aliphatic carbocycles. The molecule has 0 heterocycles. The van der Waals surface area contributed by atoms with Crippen LogP contribution in [-0.4, -0.2) is 21.0 Å². The van der Waals surface area contributed by atoms with Gasteiger partial charge in [0.15, 0.2) is 0 Å². The molecule has 3 N–H and O–H groups in total. The largest absolute Gasteiger partial charge is 0.327 e. The topological polar surface area (TPSA) is 96.0 Å². The fourth-order valence-corrected chi connectivity index (χ4v) is 2.62. The molecule has 1 unspecified atom stereocenters. The molecule has 1 atom stereocenters. The van der Waals surface area contributed by atoms with Crippen molar-refractivity contribution in [3.63, 3.8) is 0 Å². The van der Waals surface area contributed by atoms with Crippen LogP contribution in [0, 0.1) is 11.3 Å². The summed E-state index contributed by atoms with van der Waals surface area (Å²) in [6.45, 7) is 2.11. The van der Waals surface area contributed by atoms with Gasteiger partial charge in [0.2, 0.25) is 10.0 Å². The second-order valence-electron chi connectivity index (χ2n) is 4.04. The summed E-state index contributed by atoms with van der Waals surface area (Å²) in [5.74, 6) is -0.201. The van der Waals surface area contributed by atoms with Crippen LogP contribution in [-0.2, 0) is 15.8 Å². The highest BCUT2D eigenvalue weighted by Gasteiger charge is 2.14. The van der Waals surface area contributed by atoms with Gasteiger partial charge < -0.3 is 5.73 Å². The maximum atomic E-state index is 11.8. The molecule has 0 aliphatic heterocycles. The van der Waals surface area contributed by atoms with Crippen LogP contribution in [0.3, 0.4) is 0 Å². The van der Waals surface area contributed by atoms with Crippen LogP contribution in [0.4, 0.5) is 0 Å². The van der Waals surface area contributed by atoms with Crippen LogP contribution >= 0.6 is 0 Å². The summed E-state index contributed by atoms with van der Waals surface area (Å²) in [5.41, 5.74) is 6.53. The number of nitrogens with zero attached hydrogens (tertiary/aromatic N) is 1. The molecular weight excluding hydrogens is 250 g/mol. The standard InChI is InChI=1S/C12H17N3O2S/c1-2-12(14)8-15-18(16,17)9-11-6-4-3-5-10(11)7-13/h3-6,12,15H,2,8-9,14H2,1H3. The normalized spacial score (nSPS) is 12.9. The van der Waals surface area contributed by atoms with Gasteiger partial charge in [0, 0.05) is 12.6 Å². The minimum absolute atomic E-state index is 0.189. The first-order valence-corrected chi connectivity index (χ1v) is 7.34. The van der Waals surface area contributed by atoms with Gasteiger partial charge in [0.25, 0.3) is 0 Å². The fraction of sp³-hybridized carbons (Fsp3) is 0.417. The lowest BCUT2D eigenvalue weighted by atomic mass is 10.1. The van der Waals surface area contributed by atoms with E-state index in [2.05, 4.69) is 4.72 Å². The smallest absolute Gasteiger partial charge is 0.215 e. The molecule has 98 valence electrons. The molecule has 6 heteroatoms. The summed E-state index contributed by atoms with van der Waals surface area (Å²) < 4.78 is 26.1. The van der Waals surface area contributed by atoms with E-state index in [9.17, 15) is 8.42 Å². The third-order valence-corrected chi connectivity index (χ3v) is 3.87. The number of hydrogen-bond acceptors (Lipinski definition) is 4. The molecule has 1 aromatic rings. The summed E-state index contributed by atoms with van der Waals surface area (Å²) in [7, 11) is -3.45. The SMILES string of the molecule is CCC(N)CNS(=O)(=O)Cc1ccccc1C#N. The van der Waals surface area contributed by atoms with Crippen LogP contribution in [0.15, 0.2) is 24.3 Å². The van der Waals surface area contributed by atoms with Crippen LogP contribution < -0.4 is 10.5 Å². The lowest BCUT2D eigenvalue weighted by molar-refractivity contribution is 0.563. The molecule has 0 aromatic heterocycles. The number of rotatable bonds is 6. The van der Waals surface area contributed by atoms with E-state index in [1.807, 2.05) is 13.0 Å². The molecule has 0 amide bonds. The molecule has 0 saturated heterocycles. The lowest BCUT2D eigenvalue weighted by Gasteiger charge is -2.11. The predicted molar refractivity (Wildman–Crippen MR) is 70.0 cm³/mol. The van der Waals surface area contributed by atoms with Gasteiger partial charge in [-0.05, 0) is 18.1 Å². The van der Waals surface area contributed by atoms with E-state index in [0.717, 1.165) is 0 Å². The van der Waals surface area contributed by atoms with Gasteiger partial charge in [0.1, 0.15) is 0 Å². The highest BCUT2D eigenvalue weighted by molar-refractivity contribution is 7.88. The van der Waals surface area contributed by atoms with Crippen molar-refractivity contribution in [1.29, 1.82) is 5.26 Å². The van der Waals surface area contributed by atoms with Crippen molar-refractivity contribution in [1.82, 2.24) is 4.72 Å². The van der Waals surface area contributed by atoms with Gasteiger partial charge >= 0.3 is 0 Å². The van der Waals surface area contributed by atoms with Crippen LogP contribution in [0.25, 0.3) is 0 Å². The number of sulfonamides is 1. The molecule has 0 radical (unpaired) electrons. The Bertz CT molecular complexity index is 534. The Balaban J connectivity index is 2.74. The van der Waals surface area contributed by atoms with Gasteiger partial charge in [-0.2, -0.15) is 5.26 Å². The van der Waals surface area contributed by atoms with Crippen molar-refractivity contribution in [3.05, 3.63) is 35.4 Å². The second kappa shape index (κ2) is 6.50. The van der Waals surface area contributed by atoms with E-state index >= 15 is 0 Å². The van der Waals surface area contributed by atoms with Gasteiger partial charge in [-0.25, -0.2) is 13.1 Å². The number of benzene rings is 1. The molecule has 18 heavy (non-hydrogen) atoms. The Labute approximate surface area is 108 Å². The van der Waals surface area contributed by atoms with Crippen molar-refractivity contribution >= 4 is 10.0 Å². The highest BCUT2D eigenvalue weighted by atomic mass is 32.2. The van der Waals surface area contributed by atoms with E-state index in [4.69, 9.17) is 11.0 Å². The molecule has 0 saturated carbocycles. The van der Waals surface area contributed by atoms with E-state index in [1.54, 1.807) is 24.3 Å². The second-order valence-corrected chi connectivity index (χ2v) is 5.85. The summed E-state index contributed by atoms with van der Waals surface area (Å²) in [6.07, 6.45) is 0.706. The van der Waals surface area contributed by atoms with Crippen LogP contribution in [0.5, 0.6) is 0 Å². The van der Waals surface area contributed by atoms with Crippen molar-refractivity contribution in [3.8, 4) is 6.07 Å². The quantitative estimate of drug-likeness (QED) is 0.793. The van der Waals surface area contributed by atoms with E-state index in [1.165, 1.54) is 0 Å². The molecule has 5 nitrogen and oxygen atoms in total. The average molecular weight is 267 g/mol. The fourth-order valence-electron chi connectivity index (χ4n) is 1.39. The predicted octanol–water partition coefficient (Wildman–Crippen LogP) is 0.715. The first-order chi connectivity index (χ1) is 8.48. The maximum absolute atomic E-state index is 11.8. The molecule has 1 aromatic carbocycles. The van der Waals surface area contributed by atoms with E-state index in [-0.39, 0.29) is 18.3 Å². The number of nitrogens with two attached hydrogens (primary N) is 1. The number of nitrogens with one attached hydrogen (secondary N) is 1. The first kappa shape index (κ1) is 14.6. The summed E-state index contributed by atoms with van der Waals surface area (Å²) in [6, 6.07) is 8.44. The minimum atomic E-state index is -3.45. The Hall–Kier alpha value is -1.42. The molecule has 0 aliphatic rings. The Morgan fingerprint density at radius 1 is 1.44 bits per heavy atom. The van der Waals surface area contributed by atoms with Crippen molar-refractivity contribution < 1.29 is 8.42 Å². The minimum Gasteiger partial charge on any atom is -0.327 e. The third-order valence-electron chi connectivity index (χ3n) is 2.57. The summed E-state index contributed by atoms with van der Waals surface area (Å²) in [5, 5.41) is 8.89. The zero-order chi connectivity index (χ0) is 13.6. The zero-order valence-corrected chi connectivity index (χ0v) is 11.1. The van der Waals surface area contributed by atoms with E-state index < -0.39 is 10.0 Å². The molecular formula is C12H17N3O2S. The lowest BCUT2D eigenvalue weighted by Crippen LogP contribution is -2.37. The monoisotopic (exact) mass is 267 g/mol. The van der Waals surface area contributed by atoms with Gasteiger partial charge in [-0.3, -0.25) is 0 Å². The number of hydrogen-bond donors (Lipinski definition) is 2. The van der Waals surface area contributed by atoms with Gasteiger partial charge in [-0.15, -0.1) is 0 Å². The number of nitriles is 1. The van der Waals surface area contributed by atoms with Crippen LogP contribution in [0.1, 0.15) is 24.5 Å². The van der Waals surface area contributed by atoms with Gasteiger partial charge in [-0.1, -0.05) is 25.1 Å². The molecule has 1 rings (SSSR count). The summed E-state index contributed by atoms with van der Waals surface area (Å²) >= 11 is 0. The maximum Gasteiger partial charge on any atom is 0.215 e. The van der Waals surface area contributed by atoms with Crippen molar-refractivity contribution in [2.75, 3.05) is 6.54 Å². The van der Waals surface area contributed by atoms with Crippen molar-refractivity contribution in [2.24, 2.45) is 5.73 Å². The third kappa shape index (κ3) is 4.45. The van der Waals surface area contributed by atoms with Crippen molar-refractivity contribution in [2.45, 2.75) is 25.1 Å². The van der Waals surface area contributed by atoms with Crippen LogP contribution in [0.2, 0.25) is 0 Å². The summed E-state index contributed by atoms with van der Waals surface area (Å²) in [4.78, 5) is 0. The van der Waals surface area contributed by atoms with Gasteiger partial charge in [0.05, 0.1) is 17.4 Å². The first-order valence-electron chi connectivity index (χ1n) is 5.69. The Morgan fingerprint density at radius 2 is 2.11 bits per heavy atom. The Kier molecular flexibility index (Phi) is 5.28. The average Bonchev–Trinajstić information content (AvgIpc) is 2.36. The zero-order valence-electron chi connectivity index (χ0n) is 10.3. The highest BCUT2D eigenvalue weighted by Crippen LogP contribution is 2.10. The molecule has 0 bridgehead atoms. The molecule has 0 fully saturated rings. The molecule has 0 spiro atoms.